The predicted molar refractivity (Wildman–Crippen MR) is 67.8 cm³/mol. The standard InChI is InChI=1S/C13H11NS/c1-2-6-11-10(4-1)5-3-7-12(11)13-14-8-9-15-13/h1-7H,8-9H2. The highest BCUT2D eigenvalue weighted by Gasteiger charge is 2.11. The third-order valence-electron chi connectivity index (χ3n) is 2.61. The molecule has 2 aromatic carbocycles. The van der Waals surface area contributed by atoms with Gasteiger partial charge in [-0.05, 0) is 10.8 Å². The molecule has 1 nitrogen and oxygen atoms in total. The van der Waals surface area contributed by atoms with Crippen molar-refractivity contribution in [2.45, 2.75) is 0 Å². The smallest absolute Gasteiger partial charge is 0.0984 e. The third-order valence-corrected chi connectivity index (χ3v) is 3.61. The van der Waals surface area contributed by atoms with E-state index in [1.165, 1.54) is 21.4 Å². The number of fused-ring (bicyclic) bond motifs is 1. The zero-order valence-electron chi connectivity index (χ0n) is 8.31. The molecule has 0 radical (unpaired) electrons. The molecule has 0 aliphatic carbocycles. The topological polar surface area (TPSA) is 12.4 Å². The van der Waals surface area contributed by atoms with Crippen molar-refractivity contribution in [2.75, 3.05) is 12.3 Å². The SMILES string of the molecule is c1ccc2c(C3=NCCS3)cccc2c1. The Balaban J connectivity index is 2.26. The summed E-state index contributed by atoms with van der Waals surface area (Å²) in [6, 6.07) is 14.9. The fraction of sp³-hybridized carbons (Fsp3) is 0.154. The van der Waals surface area contributed by atoms with E-state index in [0.717, 1.165) is 12.3 Å². The largest absolute Gasteiger partial charge is 0.277 e. The van der Waals surface area contributed by atoms with E-state index in [2.05, 4.69) is 47.5 Å². The van der Waals surface area contributed by atoms with Crippen LogP contribution in [-0.4, -0.2) is 17.3 Å². The first-order valence-corrected chi connectivity index (χ1v) is 6.09. The Kier molecular flexibility index (Phi) is 2.22. The molecule has 1 aliphatic rings. The highest BCUT2D eigenvalue weighted by Crippen LogP contribution is 2.25. The number of aliphatic imine (C=N–C) groups is 1. The average Bonchev–Trinajstić information content (AvgIpc) is 2.82. The van der Waals surface area contributed by atoms with Crippen molar-refractivity contribution in [2.24, 2.45) is 4.99 Å². The lowest BCUT2D eigenvalue weighted by molar-refractivity contribution is 1.18. The van der Waals surface area contributed by atoms with Crippen LogP contribution in [0.3, 0.4) is 0 Å². The quantitative estimate of drug-likeness (QED) is 0.707. The van der Waals surface area contributed by atoms with Gasteiger partial charge in [0, 0.05) is 17.9 Å². The number of thioether (sulfide) groups is 1. The molecule has 3 rings (SSSR count). The summed E-state index contributed by atoms with van der Waals surface area (Å²) in [6.07, 6.45) is 0. The van der Waals surface area contributed by atoms with Gasteiger partial charge in [0.05, 0.1) is 5.04 Å². The molecular weight excluding hydrogens is 202 g/mol. The molecule has 0 atom stereocenters. The zero-order chi connectivity index (χ0) is 10.1. The Hall–Kier alpha value is -1.28. The van der Waals surface area contributed by atoms with Crippen LogP contribution in [0, 0.1) is 0 Å². The summed E-state index contributed by atoms with van der Waals surface area (Å²) in [5, 5.41) is 3.81. The first-order valence-electron chi connectivity index (χ1n) is 5.10. The van der Waals surface area contributed by atoms with Crippen LogP contribution in [0.1, 0.15) is 5.56 Å². The lowest BCUT2D eigenvalue weighted by Crippen LogP contribution is -1.92. The molecule has 0 N–H and O–H groups in total. The van der Waals surface area contributed by atoms with Crippen molar-refractivity contribution < 1.29 is 0 Å². The molecule has 1 heterocycles. The van der Waals surface area contributed by atoms with Crippen LogP contribution in [0.5, 0.6) is 0 Å². The summed E-state index contributed by atoms with van der Waals surface area (Å²) < 4.78 is 0. The van der Waals surface area contributed by atoms with Gasteiger partial charge in [0.2, 0.25) is 0 Å². The maximum atomic E-state index is 4.54. The second-order valence-corrected chi connectivity index (χ2v) is 4.65. The van der Waals surface area contributed by atoms with Crippen molar-refractivity contribution in [3.63, 3.8) is 0 Å². The number of nitrogens with zero attached hydrogens (tertiary/aromatic N) is 1. The monoisotopic (exact) mass is 213 g/mol. The Morgan fingerprint density at radius 3 is 2.73 bits per heavy atom. The van der Waals surface area contributed by atoms with Crippen LogP contribution in [0.25, 0.3) is 10.8 Å². The first-order chi connectivity index (χ1) is 7.45. The molecule has 0 bridgehead atoms. The van der Waals surface area contributed by atoms with Crippen LogP contribution in [0.4, 0.5) is 0 Å². The lowest BCUT2D eigenvalue weighted by Gasteiger charge is -2.04. The Morgan fingerprint density at radius 1 is 1.00 bits per heavy atom. The molecule has 0 saturated carbocycles. The van der Waals surface area contributed by atoms with Crippen LogP contribution >= 0.6 is 11.8 Å². The zero-order valence-corrected chi connectivity index (χ0v) is 9.13. The first kappa shape index (κ1) is 8.98. The predicted octanol–water partition coefficient (Wildman–Crippen LogP) is 3.33. The Bertz CT molecular complexity index is 526. The van der Waals surface area contributed by atoms with E-state index in [4.69, 9.17) is 0 Å². The summed E-state index contributed by atoms with van der Waals surface area (Å²) >= 11 is 1.86. The van der Waals surface area contributed by atoms with Gasteiger partial charge in [-0.2, -0.15) is 0 Å². The maximum Gasteiger partial charge on any atom is 0.0984 e. The van der Waals surface area contributed by atoms with Gasteiger partial charge < -0.3 is 0 Å². The van der Waals surface area contributed by atoms with Crippen LogP contribution in [0.15, 0.2) is 47.5 Å². The summed E-state index contributed by atoms with van der Waals surface area (Å²) in [7, 11) is 0. The minimum Gasteiger partial charge on any atom is -0.277 e. The van der Waals surface area contributed by atoms with Gasteiger partial charge in [-0.25, -0.2) is 0 Å². The summed E-state index contributed by atoms with van der Waals surface area (Å²) in [6.45, 7) is 0.962. The number of benzene rings is 2. The van der Waals surface area contributed by atoms with Gasteiger partial charge in [0.1, 0.15) is 0 Å². The molecule has 1 aliphatic heterocycles. The summed E-state index contributed by atoms with van der Waals surface area (Å²) in [5.74, 6) is 1.12. The van der Waals surface area contributed by atoms with E-state index in [9.17, 15) is 0 Å². The molecule has 15 heavy (non-hydrogen) atoms. The molecule has 0 spiro atoms. The number of rotatable bonds is 1. The molecule has 0 saturated heterocycles. The molecule has 0 unspecified atom stereocenters. The molecule has 0 fully saturated rings. The van der Waals surface area contributed by atoms with Gasteiger partial charge in [0.25, 0.3) is 0 Å². The van der Waals surface area contributed by atoms with Crippen molar-refractivity contribution in [3.05, 3.63) is 48.0 Å². The van der Waals surface area contributed by atoms with Crippen LogP contribution in [0.2, 0.25) is 0 Å². The third kappa shape index (κ3) is 1.55. The van der Waals surface area contributed by atoms with Crippen molar-refractivity contribution in [1.29, 1.82) is 0 Å². The Morgan fingerprint density at radius 2 is 1.87 bits per heavy atom. The molecule has 2 aromatic rings. The summed E-state index contributed by atoms with van der Waals surface area (Å²) in [5.41, 5.74) is 1.29. The fourth-order valence-corrected chi connectivity index (χ4v) is 2.80. The van der Waals surface area contributed by atoms with E-state index >= 15 is 0 Å². The van der Waals surface area contributed by atoms with Crippen molar-refractivity contribution in [3.8, 4) is 0 Å². The van der Waals surface area contributed by atoms with Gasteiger partial charge >= 0.3 is 0 Å². The van der Waals surface area contributed by atoms with Crippen LogP contribution < -0.4 is 0 Å². The van der Waals surface area contributed by atoms with Gasteiger partial charge in [-0.1, -0.05) is 42.5 Å². The minimum atomic E-state index is 0.962. The molecule has 2 heteroatoms. The highest BCUT2D eigenvalue weighted by molar-refractivity contribution is 8.14. The normalized spacial score (nSPS) is 15.6. The molecule has 0 amide bonds. The fourth-order valence-electron chi connectivity index (χ4n) is 1.91. The van der Waals surface area contributed by atoms with Gasteiger partial charge in [-0.15, -0.1) is 11.8 Å². The average molecular weight is 213 g/mol. The second kappa shape index (κ2) is 3.70. The van der Waals surface area contributed by atoms with Crippen molar-refractivity contribution >= 4 is 27.6 Å². The Labute approximate surface area is 93.2 Å². The number of hydrogen-bond acceptors (Lipinski definition) is 2. The minimum absolute atomic E-state index is 0.962. The highest BCUT2D eigenvalue weighted by atomic mass is 32.2. The lowest BCUT2D eigenvalue weighted by atomic mass is 10.1. The van der Waals surface area contributed by atoms with Gasteiger partial charge in [-0.3, -0.25) is 4.99 Å². The molecule has 0 aromatic heterocycles. The van der Waals surface area contributed by atoms with Gasteiger partial charge in [0.15, 0.2) is 0 Å². The van der Waals surface area contributed by atoms with E-state index < -0.39 is 0 Å². The molecular formula is C13H11NS. The van der Waals surface area contributed by atoms with E-state index in [1.807, 2.05) is 11.8 Å². The van der Waals surface area contributed by atoms with Crippen LogP contribution in [-0.2, 0) is 0 Å². The maximum absolute atomic E-state index is 4.54. The molecule has 74 valence electrons. The van der Waals surface area contributed by atoms with E-state index in [0.29, 0.717) is 0 Å². The second-order valence-electron chi connectivity index (χ2n) is 3.56. The van der Waals surface area contributed by atoms with E-state index in [-0.39, 0.29) is 0 Å². The van der Waals surface area contributed by atoms with Crippen molar-refractivity contribution in [1.82, 2.24) is 0 Å². The number of hydrogen-bond donors (Lipinski definition) is 0. The summed E-state index contributed by atoms with van der Waals surface area (Å²) in [4.78, 5) is 4.54. The van der Waals surface area contributed by atoms with E-state index in [1.54, 1.807) is 0 Å².